The van der Waals surface area contributed by atoms with Crippen LogP contribution in [0.25, 0.3) is 0 Å². The standard InChI is InChI=1S/C15H24O4/c1-11-12-5-6-13(9-12)15(11,14(16)18-3)7-4-8-19-10-17-2/h5-6,11-13H,4,7-10H2,1-3H3/t11-,12+,13-,15+/m1/s1. The molecule has 4 atom stereocenters. The van der Waals surface area contributed by atoms with Gasteiger partial charge in [0.05, 0.1) is 12.5 Å². The monoisotopic (exact) mass is 268 g/mol. The molecule has 0 spiro atoms. The van der Waals surface area contributed by atoms with E-state index in [1.54, 1.807) is 7.11 Å². The van der Waals surface area contributed by atoms with E-state index in [4.69, 9.17) is 14.2 Å². The zero-order chi connectivity index (χ0) is 13.9. The van der Waals surface area contributed by atoms with Crippen molar-refractivity contribution in [1.29, 1.82) is 0 Å². The molecule has 0 heterocycles. The van der Waals surface area contributed by atoms with Crippen LogP contribution in [-0.4, -0.2) is 33.6 Å². The van der Waals surface area contributed by atoms with E-state index in [9.17, 15) is 4.79 Å². The fraction of sp³-hybridized carbons (Fsp3) is 0.800. The third-order valence-electron chi connectivity index (χ3n) is 4.88. The molecule has 2 bridgehead atoms. The van der Waals surface area contributed by atoms with Crippen molar-refractivity contribution in [2.75, 3.05) is 27.6 Å². The van der Waals surface area contributed by atoms with Crippen molar-refractivity contribution in [3.05, 3.63) is 12.2 Å². The molecule has 2 aliphatic rings. The molecule has 0 aromatic carbocycles. The fourth-order valence-electron chi connectivity index (χ4n) is 3.85. The summed E-state index contributed by atoms with van der Waals surface area (Å²) >= 11 is 0. The van der Waals surface area contributed by atoms with Crippen LogP contribution in [0.4, 0.5) is 0 Å². The lowest BCUT2D eigenvalue weighted by Gasteiger charge is -2.37. The first kappa shape index (κ1) is 14.5. The van der Waals surface area contributed by atoms with Crippen LogP contribution in [0.3, 0.4) is 0 Å². The second-order valence-corrected chi connectivity index (χ2v) is 5.63. The third kappa shape index (κ3) is 2.43. The topological polar surface area (TPSA) is 44.8 Å². The normalized spacial score (nSPS) is 35.8. The molecular weight excluding hydrogens is 244 g/mol. The zero-order valence-corrected chi connectivity index (χ0v) is 12.1. The number of allylic oxidation sites excluding steroid dienone is 2. The Kier molecular flexibility index (Phi) is 4.63. The van der Waals surface area contributed by atoms with E-state index in [0.717, 1.165) is 19.3 Å². The van der Waals surface area contributed by atoms with Gasteiger partial charge in [-0.2, -0.15) is 0 Å². The number of esters is 1. The Labute approximate surface area is 115 Å². The largest absolute Gasteiger partial charge is 0.469 e. The molecule has 0 saturated heterocycles. The van der Waals surface area contributed by atoms with E-state index in [-0.39, 0.29) is 11.4 Å². The van der Waals surface area contributed by atoms with E-state index in [0.29, 0.717) is 31.2 Å². The van der Waals surface area contributed by atoms with Crippen molar-refractivity contribution in [1.82, 2.24) is 0 Å². The highest BCUT2D eigenvalue weighted by Crippen LogP contribution is 2.58. The summed E-state index contributed by atoms with van der Waals surface area (Å²) in [5.41, 5.74) is -0.343. The lowest BCUT2D eigenvalue weighted by Crippen LogP contribution is -2.42. The lowest BCUT2D eigenvalue weighted by atomic mass is 9.66. The molecule has 1 fully saturated rings. The highest BCUT2D eigenvalue weighted by Gasteiger charge is 2.58. The van der Waals surface area contributed by atoms with E-state index in [1.807, 2.05) is 0 Å². The van der Waals surface area contributed by atoms with Crippen molar-refractivity contribution in [3.8, 4) is 0 Å². The number of rotatable bonds is 7. The van der Waals surface area contributed by atoms with Gasteiger partial charge >= 0.3 is 5.97 Å². The van der Waals surface area contributed by atoms with Crippen molar-refractivity contribution < 1.29 is 19.0 Å². The molecule has 0 aromatic heterocycles. The molecule has 0 radical (unpaired) electrons. The van der Waals surface area contributed by atoms with Crippen LogP contribution < -0.4 is 0 Å². The minimum Gasteiger partial charge on any atom is -0.469 e. The van der Waals surface area contributed by atoms with Gasteiger partial charge in [-0.1, -0.05) is 19.1 Å². The number of hydrogen-bond donors (Lipinski definition) is 0. The van der Waals surface area contributed by atoms with Crippen molar-refractivity contribution in [2.24, 2.45) is 23.2 Å². The molecule has 0 aliphatic heterocycles. The summed E-state index contributed by atoms with van der Waals surface area (Å²) < 4.78 is 15.3. The molecule has 1 saturated carbocycles. The molecule has 2 aliphatic carbocycles. The van der Waals surface area contributed by atoms with E-state index in [2.05, 4.69) is 19.1 Å². The van der Waals surface area contributed by atoms with Gasteiger partial charge in [-0.05, 0) is 37.0 Å². The van der Waals surface area contributed by atoms with Gasteiger partial charge in [-0.3, -0.25) is 4.79 Å². The predicted octanol–water partition coefficient (Wildman–Crippen LogP) is 2.39. The first-order chi connectivity index (χ1) is 9.16. The SMILES string of the molecule is COCOCCC[C@@]1(C(=O)OC)[C@@H]2C=C[C@@H](C2)[C@H]1C. The van der Waals surface area contributed by atoms with E-state index < -0.39 is 0 Å². The molecule has 0 unspecified atom stereocenters. The average molecular weight is 268 g/mol. The van der Waals surface area contributed by atoms with Gasteiger partial charge in [0.15, 0.2) is 0 Å². The Balaban J connectivity index is 2.01. The van der Waals surface area contributed by atoms with Gasteiger partial charge in [-0.25, -0.2) is 0 Å². The number of carbonyl (C=O) groups excluding carboxylic acids is 1. The third-order valence-corrected chi connectivity index (χ3v) is 4.88. The second kappa shape index (κ2) is 6.06. The van der Waals surface area contributed by atoms with Gasteiger partial charge < -0.3 is 14.2 Å². The first-order valence-corrected chi connectivity index (χ1v) is 7.00. The summed E-state index contributed by atoms with van der Waals surface area (Å²) in [6, 6.07) is 0. The smallest absolute Gasteiger partial charge is 0.312 e. The summed E-state index contributed by atoms with van der Waals surface area (Å²) in [6.07, 6.45) is 7.25. The van der Waals surface area contributed by atoms with E-state index in [1.165, 1.54) is 7.11 Å². The van der Waals surface area contributed by atoms with Gasteiger partial charge in [0.2, 0.25) is 0 Å². The van der Waals surface area contributed by atoms with Crippen molar-refractivity contribution in [3.63, 3.8) is 0 Å². The summed E-state index contributed by atoms with van der Waals surface area (Å²) in [4.78, 5) is 12.3. The molecule has 2 rings (SSSR count). The molecule has 0 amide bonds. The van der Waals surface area contributed by atoms with Crippen LogP contribution in [0.15, 0.2) is 12.2 Å². The van der Waals surface area contributed by atoms with Crippen LogP contribution in [0, 0.1) is 23.2 Å². The minimum atomic E-state index is -0.343. The number of fused-ring (bicyclic) bond motifs is 2. The molecule has 0 N–H and O–H groups in total. The minimum absolute atomic E-state index is 0.0522. The van der Waals surface area contributed by atoms with Crippen LogP contribution in [0.1, 0.15) is 26.2 Å². The fourth-order valence-corrected chi connectivity index (χ4v) is 3.85. The van der Waals surface area contributed by atoms with Crippen LogP contribution in [-0.2, 0) is 19.0 Å². The first-order valence-electron chi connectivity index (χ1n) is 7.00. The van der Waals surface area contributed by atoms with Crippen molar-refractivity contribution >= 4 is 5.97 Å². The average Bonchev–Trinajstić information content (AvgIpc) is 3.00. The highest BCUT2D eigenvalue weighted by molar-refractivity contribution is 5.79. The van der Waals surface area contributed by atoms with Crippen LogP contribution in [0.2, 0.25) is 0 Å². The molecule has 4 heteroatoms. The maximum atomic E-state index is 12.3. The number of ether oxygens (including phenoxy) is 3. The quantitative estimate of drug-likeness (QED) is 0.308. The Morgan fingerprint density at radius 1 is 1.37 bits per heavy atom. The summed E-state index contributed by atoms with van der Waals surface area (Å²) in [6.45, 7) is 3.12. The molecule has 19 heavy (non-hydrogen) atoms. The highest BCUT2D eigenvalue weighted by atomic mass is 16.7. The van der Waals surface area contributed by atoms with Gasteiger partial charge in [-0.15, -0.1) is 0 Å². The lowest BCUT2D eigenvalue weighted by molar-refractivity contribution is -0.158. The Morgan fingerprint density at radius 3 is 2.74 bits per heavy atom. The molecule has 0 aromatic rings. The molecule has 108 valence electrons. The molecule has 4 nitrogen and oxygen atoms in total. The summed E-state index contributed by atoms with van der Waals surface area (Å²) in [7, 11) is 3.10. The summed E-state index contributed by atoms with van der Waals surface area (Å²) in [5, 5.41) is 0. The number of carbonyl (C=O) groups is 1. The van der Waals surface area contributed by atoms with Crippen molar-refractivity contribution in [2.45, 2.75) is 26.2 Å². The number of methoxy groups -OCH3 is 2. The van der Waals surface area contributed by atoms with Gasteiger partial charge in [0, 0.05) is 13.7 Å². The van der Waals surface area contributed by atoms with Gasteiger partial charge in [0.1, 0.15) is 6.79 Å². The number of hydrogen-bond acceptors (Lipinski definition) is 4. The van der Waals surface area contributed by atoms with Gasteiger partial charge in [0.25, 0.3) is 0 Å². The second-order valence-electron chi connectivity index (χ2n) is 5.63. The van der Waals surface area contributed by atoms with Crippen LogP contribution in [0.5, 0.6) is 0 Å². The van der Waals surface area contributed by atoms with Crippen LogP contribution >= 0.6 is 0 Å². The van der Waals surface area contributed by atoms with E-state index >= 15 is 0 Å². The zero-order valence-electron chi connectivity index (χ0n) is 12.1. The summed E-state index contributed by atoms with van der Waals surface area (Å²) in [5.74, 6) is 1.17. The Morgan fingerprint density at radius 2 is 2.16 bits per heavy atom. The molecular formula is C15H24O4. The predicted molar refractivity (Wildman–Crippen MR) is 71.4 cm³/mol. The Bertz CT molecular complexity index is 352. The maximum absolute atomic E-state index is 12.3. The Hall–Kier alpha value is -0.870. The maximum Gasteiger partial charge on any atom is 0.312 e.